The molecule has 358 valence electrons. The van der Waals surface area contributed by atoms with Gasteiger partial charge in [-0.15, -0.1) is 0 Å². The summed E-state index contributed by atoms with van der Waals surface area (Å²) in [6.07, 6.45) is -8.19. The molecule has 1 aromatic rings. The van der Waals surface area contributed by atoms with Crippen LogP contribution in [-0.4, -0.2) is 180 Å². The van der Waals surface area contributed by atoms with Crippen LogP contribution in [0.1, 0.15) is 94.9 Å². The average Bonchev–Trinajstić information content (AvgIpc) is 3.21. The Morgan fingerprint density at radius 1 is 0.919 bits per heavy atom. The van der Waals surface area contributed by atoms with Crippen LogP contribution in [0.25, 0.3) is 0 Å². The number of pyridine rings is 1. The quantitative estimate of drug-likeness (QED) is 0.236. The molecule has 0 bridgehead atoms. The maximum Gasteiger partial charge on any atom is 0.311 e. The zero-order valence-corrected chi connectivity index (χ0v) is 40.1. The molecule has 4 rings (SSSR count). The minimum Gasteiger partial charge on any atom is -0.481 e. The number of hydrogen-bond acceptors (Lipinski definition) is 17. The standard InChI is InChI=1S/C45H79N3O14/c1-17-32-45(10,53)37(49)28(6)48(13)23-24(2)21-43(8,52)39(26(4)35(27(5)41(51)60-32)61-34-22-44(9,56-16)38(50)29(7)58-34)62-42-36(30(47(11)12)20-25(3)57-42)59-31-18-19-33(54-14)46-40(31)55-15/h18-19,24-30,32,34-39,42,49-50,52-53H,17,20-23H2,1-16H3/t24-,25-,26+,27-,28-,29+,30+,32-,34+,35+,36-,37-,38+,39-,42+,43-,44-,45-/m1/s1. The molecule has 0 spiro atoms. The molecule has 4 heterocycles. The van der Waals surface area contributed by atoms with E-state index in [9.17, 15) is 25.2 Å². The molecule has 3 saturated heterocycles. The van der Waals surface area contributed by atoms with Crippen molar-refractivity contribution >= 4 is 5.97 Å². The number of aromatic nitrogens is 1. The number of cyclic esters (lactones) is 1. The van der Waals surface area contributed by atoms with Crippen LogP contribution in [0.4, 0.5) is 0 Å². The molecule has 62 heavy (non-hydrogen) atoms. The Labute approximate surface area is 369 Å². The van der Waals surface area contributed by atoms with Crippen LogP contribution in [0, 0.1) is 17.8 Å². The van der Waals surface area contributed by atoms with E-state index in [1.807, 2.05) is 58.6 Å². The van der Waals surface area contributed by atoms with Crippen molar-refractivity contribution in [1.82, 2.24) is 14.8 Å². The lowest BCUT2D eigenvalue weighted by atomic mass is 9.77. The van der Waals surface area contributed by atoms with Crippen LogP contribution in [-0.2, 0) is 33.2 Å². The SMILES string of the molecule is CC[C@H]1OC(=O)[C@H](C)[C@@H](O[C@H]2C[C@@](C)(OC)[C@@H](O)[C@H](C)O2)[C@H](C)[C@@H](O[C@@H]2O[C@H](C)C[C@H](N(C)C)[C@H]2Oc2ccc(OC)nc2OC)[C@](C)(O)C[C@@H](C)CN(C)[C@H](C)[C@@H](O)[C@]1(C)O. The Hall–Kier alpha value is -2.42. The molecule has 0 amide bonds. The molecule has 0 unspecified atom stereocenters. The van der Waals surface area contributed by atoms with Crippen molar-refractivity contribution in [3.8, 4) is 17.5 Å². The Kier molecular flexibility index (Phi) is 17.9. The number of carbonyl (C=O) groups is 1. The molecular weight excluding hydrogens is 807 g/mol. The van der Waals surface area contributed by atoms with Crippen molar-refractivity contribution in [2.75, 3.05) is 49.0 Å². The van der Waals surface area contributed by atoms with Gasteiger partial charge in [-0.1, -0.05) is 20.8 Å². The van der Waals surface area contributed by atoms with Crippen LogP contribution >= 0.6 is 0 Å². The molecule has 0 aliphatic carbocycles. The highest BCUT2D eigenvalue weighted by Gasteiger charge is 2.53. The van der Waals surface area contributed by atoms with Crippen LogP contribution in [0.2, 0.25) is 0 Å². The summed E-state index contributed by atoms with van der Waals surface area (Å²) < 4.78 is 56.5. The number of ether oxygens (including phenoxy) is 9. The van der Waals surface area contributed by atoms with E-state index in [1.54, 1.807) is 46.8 Å². The first kappa shape index (κ1) is 52.2. The minimum atomic E-state index is -1.83. The second-order valence-corrected chi connectivity index (χ2v) is 19.1. The van der Waals surface area contributed by atoms with Crippen molar-refractivity contribution in [2.45, 2.75) is 185 Å². The van der Waals surface area contributed by atoms with Gasteiger partial charge in [0.15, 0.2) is 24.4 Å². The van der Waals surface area contributed by atoms with Crippen molar-refractivity contribution in [3.05, 3.63) is 12.1 Å². The molecule has 17 heteroatoms. The van der Waals surface area contributed by atoms with Gasteiger partial charge < -0.3 is 72.9 Å². The summed E-state index contributed by atoms with van der Waals surface area (Å²) in [7, 11) is 10.3. The average molecular weight is 886 g/mol. The Balaban J connectivity index is 1.89. The normalized spacial score (nSPS) is 43.3. The molecule has 3 fully saturated rings. The van der Waals surface area contributed by atoms with Gasteiger partial charge in [0.2, 0.25) is 5.88 Å². The van der Waals surface area contributed by atoms with E-state index in [0.29, 0.717) is 24.6 Å². The van der Waals surface area contributed by atoms with Crippen molar-refractivity contribution in [2.24, 2.45) is 17.8 Å². The fourth-order valence-electron chi connectivity index (χ4n) is 9.75. The molecule has 3 aliphatic rings. The Morgan fingerprint density at radius 2 is 1.58 bits per heavy atom. The van der Waals surface area contributed by atoms with Gasteiger partial charge in [0.1, 0.15) is 23.9 Å². The number of aliphatic hydroxyl groups is 4. The third-order valence-electron chi connectivity index (χ3n) is 13.6. The predicted molar refractivity (Wildman–Crippen MR) is 230 cm³/mol. The summed E-state index contributed by atoms with van der Waals surface area (Å²) in [5.74, 6) is -1.83. The van der Waals surface area contributed by atoms with Gasteiger partial charge in [-0.2, -0.15) is 4.98 Å². The first-order valence-electron chi connectivity index (χ1n) is 22.2. The van der Waals surface area contributed by atoms with Crippen LogP contribution in [0.3, 0.4) is 0 Å². The largest absolute Gasteiger partial charge is 0.481 e. The zero-order chi connectivity index (χ0) is 46.6. The Bertz CT molecular complexity index is 1590. The first-order chi connectivity index (χ1) is 28.8. The number of nitrogens with zero attached hydrogens (tertiary/aromatic N) is 3. The molecule has 1 aromatic heterocycles. The molecule has 4 N–H and O–H groups in total. The minimum absolute atomic E-state index is 0.114. The summed E-state index contributed by atoms with van der Waals surface area (Å²) in [6, 6.07) is 2.57. The van der Waals surface area contributed by atoms with Gasteiger partial charge in [-0.25, -0.2) is 0 Å². The van der Waals surface area contributed by atoms with E-state index in [0.717, 1.165) is 0 Å². The smallest absolute Gasteiger partial charge is 0.311 e. The third-order valence-corrected chi connectivity index (χ3v) is 13.6. The highest BCUT2D eigenvalue weighted by molar-refractivity contribution is 5.73. The van der Waals surface area contributed by atoms with E-state index in [-0.39, 0.29) is 43.2 Å². The van der Waals surface area contributed by atoms with Gasteiger partial charge in [0, 0.05) is 38.1 Å². The number of hydrogen-bond donors (Lipinski definition) is 4. The highest BCUT2D eigenvalue weighted by atomic mass is 16.7. The number of esters is 1. The topological polar surface area (TPSA) is 200 Å². The molecule has 3 aliphatic heterocycles. The number of rotatable bonds is 11. The molecule has 18 atom stereocenters. The molecule has 0 radical (unpaired) electrons. The first-order valence-corrected chi connectivity index (χ1v) is 22.2. The number of aliphatic hydroxyl groups excluding tert-OH is 2. The highest BCUT2D eigenvalue weighted by Crippen LogP contribution is 2.41. The molecular formula is C45H79N3O14. The van der Waals surface area contributed by atoms with E-state index >= 15 is 0 Å². The van der Waals surface area contributed by atoms with Crippen LogP contribution < -0.4 is 14.2 Å². The van der Waals surface area contributed by atoms with Crippen LogP contribution in [0.5, 0.6) is 17.5 Å². The van der Waals surface area contributed by atoms with Crippen LogP contribution in [0.15, 0.2) is 12.1 Å². The number of carbonyl (C=O) groups excluding carboxylic acids is 1. The maximum absolute atomic E-state index is 14.5. The fraction of sp³-hybridized carbons (Fsp3) is 0.867. The van der Waals surface area contributed by atoms with E-state index in [2.05, 4.69) is 4.98 Å². The number of likely N-dealkylation sites (N-methyl/N-ethyl adjacent to an activating group) is 2. The Morgan fingerprint density at radius 3 is 2.16 bits per heavy atom. The van der Waals surface area contributed by atoms with Gasteiger partial charge in [0.25, 0.3) is 5.88 Å². The van der Waals surface area contributed by atoms with E-state index in [1.165, 1.54) is 28.3 Å². The lowest BCUT2D eigenvalue weighted by Crippen LogP contribution is -2.61. The molecule has 0 saturated carbocycles. The second kappa shape index (κ2) is 21.3. The zero-order valence-electron chi connectivity index (χ0n) is 40.1. The van der Waals surface area contributed by atoms with E-state index in [4.69, 9.17) is 42.6 Å². The van der Waals surface area contributed by atoms with Crippen molar-refractivity contribution in [3.63, 3.8) is 0 Å². The lowest BCUT2D eigenvalue weighted by molar-refractivity contribution is -0.316. The summed E-state index contributed by atoms with van der Waals surface area (Å²) in [6.45, 7) is 18.2. The van der Waals surface area contributed by atoms with E-state index < -0.39 is 96.0 Å². The molecule has 17 nitrogen and oxygen atoms in total. The third kappa shape index (κ3) is 11.7. The van der Waals surface area contributed by atoms with Crippen molar-refractivity contribution in [1.29, 1.82) is 0 Å². The summed E-state index contributed by atoms with van der Waals surface area (Å²) in [5, 5.41) is 47.5. The molecule has 0 aromatic carbocycles. The van der Waals surface area contributed by atoms with Gasteiger partial charge in [0.05, 0.1) is 61.8 Å². The fourth-order valence-corrected chi connectivity index (χ4v) is 9.75. The van der Waals surface area contributed by atoms with Gasteiger partial charge >= 0.3 is 5.97 Å². The monoisotopic (exact) mass is 886 g/mol. The lowest BCUT2D eigenvalue weighted by Gasteiger charge is -2.49. The summed E-state index contributed by atoms with van der Waals surface area (Å²) >= 11 is 0. The predicted octanol–water partition coefficient (Wildman–Crippen LogP) is 3.40. The number of methoxy groups -OCH3 is 3. The maximum atomic E-state index is 14.5. The summed E-state index contributed by atoms with van der Waals surface area (Å²) in [4.78, 5) is 22.9. The second-order valence-electron chi connectivity index (χ2n) is 19.1. The van der Waals surface area contributed by atoms with Crippen molar-refractivity contribution < 1.29 is 67.9 Å². The summed E-state index contributed by atoms with van der Waals surface area (Å²) in [5.41, 5.74) is -4.48. The van der Waals surface area contributed by atoms with Gasteiger partial charge in [-0.3, -0.25) is 4.79 Å². The van der Waals surface area contributed by atoms with Gasteiger partial charge in [-0.05, 0) is 101 Å².